The van der Waals surface area contributed by atoms with Gasteiger partial charge in [-0.05, 0) is 81.5 Å². The number of likely N-dealkylation sites (tertiary alicyclic amines) is 1. The zero-order valence-corrected chi connectivity index (χ0v) is 17.3. The highest BCUT2D eigenvalue weighted by atomic mass is 32.1. The van der Waals surface area contributed by atoms with Crippen molar-refractivity contribution in [2.24, 2.45) is 5.92 Å². The molecule has 4 rings (SSSR count). The van der Waals surface area contributed by atoms with Crippen LogP contribution in [0.15, 0.2) is 42.7 Å². The Bertz CT molecular complexity index is 907. The summed E-state index contributed by atoms with van der Waals surface area (Å²) < 4.78 is 0. The first kappa shape index (κ1) is 19.8. The average Bonchev–Trinajstić information content (AvgIpc) is 3.08. The second-order valence-corrected chi connectivity index (χ2v) is 7.59. The molecule has 1 fully saturated rings. The lowest BCUT2D eigenvalue weighted by Crippen LogP contribution is -2.25. The summed E-state index contributed by atoms with van der Waals surface area (Å²) in [6, 6.07) is 11.4. The Morgan fingerprint density at radius 1 is 1.04 bits per heavy atom. The van der Waals surface area contributed by atoms with Crippen LogP contribution in [0.4, 0.5) is 0 Å². The van der Waals surface area contributed by atoms with Crippen LogP contribution in [0.5, 0.6) is 0 Å². The maximum Gasteiger partial charge on any atom is 0.0890 e. The Morgan fingerprint density at radius 3 is 2.48 bits per heavy atom. The molecule has 3 heterocycles. The molecule has 5 heteroatoms. The van der Waals surface area contributed by atoms with Crippen LogP contribution in [-0.2, 0) is 6.42 Å². The van der Waals surface area contributed by atoms with Gasteiger partial charge in [-0.1, -0.05) is 6.07 Å². The van der Waals surface area contributed by atoms with Crippen molar-refractivity contribution in [1.82, 2.24) is 19.9 Å². The first-order valence-corrected chi connectivity index (χ1v) is 9.47. The van der Waals surface area contributed by atoms with E-state index in [0.717, 1.165) is 47.8 Å². The molecule has 3 aromatic rings. The van der Waals surface area contributed by atoms with Gasteiger partial charge in [-0.25, -0.2) is 0 Å². The van der Waals surface area contributed by atoms with Crippen LogP contribution in [0.25, 0.3) is 11.0 Å². The normalized spacial score (nSPS) is 18.4. The van der Waals surface area contributed by atoms with Gasteiger partial charge < -0.3 is 0 Å². The molecule has 1 saturated heterocycles. The third-order valence-corrected chi connectivity index (χ3v) is 5.51. The maximum absolute atomic E-state index is 4.50. The van der Waals surface area contributed by atoms with Crippen molar-refractivity contribution in [3.8, 4) is 0 Å². The van der Waals surface area contributed by atoms with Gasteiger partial charge in [0.05, 0.1) is 11.0 Å². The predicted molar refractivity (Wildman–Crippen MR) is 115 cm³/mol. The van der Waals surface area contributed by atoms with Crippen LogP contribution < -0.4 is 0 Å². The monoisotopic (exact) mass is 380 g/mol. The summed E-state index contributed by atoms with van der Waals surface area (Å²) in [5.74, 6) is 0.721. The molecule has 4 nitrogen and oxygen atoms in total. The minimum Gasteiger partial charge on any atom is -0.296 e. The molecule has 1 aliphatic rings. The van der Waals surface area contributed by atoms with Crippen molar-refractivity contribution in [2.45, 2.75) is 39.7 Å². The summed E-state index contributed by atoms with van der Waals surface area (Å²) in [4.78, 5) is 15.9. The number of hydrogen-bond acceptors (Lipinski definition) is 4. The highest BCUT2D eigenvalue weighted by Crippen LogP contribution is 2.30. The second-order valence-electron chi connectivity index (χ2n) is 7.59. The van der Waals surface area contributed by atoms with Crippen LogP contribution in [0, 0.1) is 19.8 Å². The van der Waals surface area contributed by atoms with Crippen LogP contribution in [0.1, 0.15) is 41.9 Å². The lowest BCUT2D eigenvalue weighted by molar-refractivity contribution is 0.252. The Kier molecular flexibility index (Phi) is 6.12. The summed E-state index contributed by atoms with van der Waals surface area (Å²) in [6.45, 7) is 8.79. The first-order chi connectivity index (χ1) is 12.6. The van der Waals surface area contributed by atoms with Crippen molar-refractivity contribution >= 4 is 24.5 Å². The summed E-state index contributed by atoms with van der Waals surface area (Å²) in [5.41, 5.74) is 6.95. The average molecular weight is 381 g/mol. The third kappa shape index (κ3) is 4.47. The molecule has 27 heavy (non-hydrogen) atoms. The molecule has 0 bridgehead atoms. The van der Waals surface area contributed by atoms with E-state index in [1.54, 1.807) is 12.4 Å². The Balaban J connectivity index is 0.00000210. The fourth-order valence-electron chi connectivity index (χ4n) is 4.20. The standard InChI is InChI=1S/C22H26N4.H2S/c1-15-10-19(11-16(2)25-15)12-18-6-9-26(14-18)17(3)20-4-5-21-22(13-20)24-8-7-23-21;/h4-5,7-8,10-11,13,17-18H,6,9,12,14H2,1-3H3;1H2. The van der Waals surface area contributed by atoms with E-state index < -0.39 is 0 Å². The highest BCUT2D eigenvalue weighted by molar-refractivity contribution is 7.59. The molecule has 2 aromatic heterocycles. The van der Waals surface area contributed by atoms with Crippen LogP contribution in [0.2, 0.25) is 0 Å². The Morgan fingerprint density at radius 2 is 1.74 bits per heavy atom. The van der Waals surface area contributed by atoms with Crippen LogP contribution >= 0.6 is 13.5 Å². The first-order valence-electron chi connectivity index (χ1n) is 9.47. The van der Waals surface area contributed by atoms with Gasteiger partial charge in [0.1, 0.15) is 0 Å². The van der Waals surface area contributed by atoms with E-state index in [1.807, 2.05) is 0 Å². The molecule has 0 aliphatic carbocycles. The molecule has 0 radical (unpaired) electrons. The molecule has 2 atom stereocenters. The summed E-state index contributed by atoms with van der Waals surface area (Å²) in [7, 11) is 0. The van der Waals surface area contributed by atoms with E-state index in [4.69, 9.17) is 0 Å². The lowest BCUT2D eigenvalue weighted by Gasteiger charge is -2.25. The zero-order valence-electron chi connectivity index (χ0n) is 16.3. The number of pyridine rings is 1. The fourth-order valence-corrected chi connectivity index (χ4v) is 4.20. The third-order valence-electron chi connectivity index (χ3n) is 5.51. The maximum atomic E-state index is 4.50. The number of benzene rings is 1. The van der Waals surface area contributed by atoms with Gasteiger partial charge in [0.25, 0.3) is 0 Å². The van der Waals surface area contributed by atoms with E-state index in [-0.39, 0.29) is 13.5 Å². The zero-order chi connectivity index (χ0) is 18.1. The number of aromatic nitrogens is 3. The van der Waals surface area contributed by atoms with Crippen LogP contribution in [-0.4, -0.2) is 32.9 Å². The molecule has 0 saturated carbocycles. The Hall–Kier alpha value is -1.98. The van der Waals surface area contributed by atoms with Crippen molar-refractivity contribution in [3.63, 3.8) is 0 Å². The topological polar surface area (TPSA) is 41.9 Å². The second kappa shape index (κ2) is 8.36. The van der Waals surface area contributed by atoms with E-state index in [1.165, 1.54) is 17.5 Å². The van der Waals surface area contributed by atoms with Gasteiger partial charge in [0.2, 0.25) is 0 Å². The summed E-state index contributed by atoms with van der Waals surface area (Å²) >= 11 is 0. The van der Waals surface area contributed by atoms with Crippen molar-refractivity contribution in [1.29, 1.82) is 0 Å². The molecule has 142 valence electrons. The SMILES string of the molecule is Cc1cc(CC2CCN(C(C)c3ccc4nccnc4c3)C2)cc(C)n1.S. The molecular weight excluding hydrogens is 352 g/mol. The molecule has 1 aliphatic heterocycles. The number of rotatable bonds is 4. The highest BCUT2D eigenvalue weighted by Gasteiger charge is 2.27. The molecule has 1 aromatic carbocycles. The molecule has 2 unspecified atom stereocenters. The van der Waals surface area contributed by atoms with E-state index in [2.05, 4.69) is 71.0 Å². The van der Waals surface area contributed by atoms with Gasteiger partial charge >= 0.3 is 0 Å². The van der Waals surface area contributed by atoms with Gasteiger partial charge in [-0.2, -0.15) is 13.5 Å². The minimum atomic E-state index is 0. The fraction of sp³-hybridized carbons (Fsp3) is 0.409. The van der Waals surface area contributed by atoms with Crippen molar-refractivity contribution in [3.05, 3.63) is 65.2 Å². The molecular formula is C22H28N4S. The van der Waals surface area contributed by atoms with Gasteiger partial charge in [0, 0.05) is 36.4 Å². The van der Waals surface area contributed by atoms with Crippen LogP contribution in [0.3, 0.4) is 0 Å². The predicted octanol–water partition coefficient (Wildman–Crippen LogP) is 4.38. The number of aryl methyl sites for hydroxylation is 2. The van der Waals surface area contributed by atoms with Crippen molar-refractivity contribution < 1.29 is 0 Å². The molecule has 0 amide bonds. The largest absolute Gasteiger partial charge is 0.296 e. The van der Waals surface area contributed by atoms with E-state index in [0.29, 0.717) is 6.04 Å². The Labute approximate surface area is 168 Å². The molecule has 0 spiro atoms. The summed E-state index contributed by atoms with van der Waals surface area (Å²) in [5, 5.41) is 0. The van der Waals surface area contributed by atoms with Crippen molar-refractivity contribution in [2.75, 3.05) is 13.1 Å². The number of fused-ring (bicyclic) bond motifs is 1. The smallest absolute Gasteiger partial charge is 0.0890 e. The molecule has 0 N–H and O–H groups in total. The quantitative estimate of drug-likeness (QED) is 0.674. The number of nitrogens with zero attached hydrogens (tertiary/aromatic N) is 4. The van der Waals surface area contributed by atoms with E-state index in [9.17, 15) is 0 Å². The summed E-state index contributed by atoms with van der Waals surface area (Å²) in [6.07, 6.45) is 5.93. The number of hydrogen-bond donors (Lipinski definition) is 0. The van der Waals surface area contributed by atoms with E-state index >= 15 is 0 Å². The van der Waals surface area contributed by atoms with Gasteiger partial charge in [-0.15, -0.1) is 0 Å². The van der Waals surface area contributed by atoms with Gasteiger partial charge in [0.15, 0.2) is 0 Å². The van der Waals surface area contributed by atoms with Gasteiger partial charge in [-0.3, -0.25) is 19.9 Å². The lowest BCUT2D eigenvalue weighted by atomic mass is 9.98. The minimum absolute atomic E-state index is 0.